The van der Waals surface area contributed by atoms with Gasteiger partial charge in [-0.25, -0.2) is 0 Å². The van der Waals surface area contributed by atoms with Crippen molar-refractivity contribution in [2.75, 3.05) is 20.2 Å². The van der Waals surface area contributed by atoms with Gasteiger partial charge in [0.25, 0.3) is 5.91 Å². The fraction of sp³-hybridized carbons (Fsp3) is 0.750. The van der Waals surface area contributed by atoms with Gasteiger partial charge in [0, 0.05) is 38.4 Å². The smallest absolute Gasteiger partial charge is 0.274 e. The molecule has 5 heteroatoms. The van der Waals surface area contributed by atoms with Crippen LogP contribution in [0.2, 0.25) is 0 Å². The van der Waals surface area contributed by atoms with Crippen LogP contribution < -0.4 is 0 Å². The van der Waals surface area contributed by atoms with E-state index in [1.807, 2.05) is 24.1 Å². The lowest BCUT2D eigenvalue weighted by molar-refractivity contribution is -0.0296. The molecule has 5 nitrogen and oxygen atoms in total. The van der Waals surface area contributed by atoms with Crippen LogP contribution in [0.5, 0.6) is 0 Å². The summed E-state index contributed by atoms with van der Waals surface area (Å²) >= 11 is 0. The molecule has 1 aromatic heterocycles. The van der Waals surface area contributed by atoms with E-state index in [1.165, 1.54) is 19.3 Å². The van der Waals surface area contributed by atoms with E-state index in [0.29, 0.717) is 11.8 Å². The Labute approximate surface area is 126 Å². The topological polar surface area (TPSA) is 47.4 Å². The maximum absolute atomic E-state index is 12.7. The molecule has 0 N–H and O–H groups in total. The van der Waals surface area contributed by atoms with E-state index < -0.39 is 0 Å². The number of rotatable bonds is 3. The minimum Gasteiger partial charge on any atom is -0.381 e. The molecular formula is C16H25N3O2. The van der Waals surface area contributed by atoms with Crippen molar-refractivity contribution in [1.29, 1.82) is 0 Å². The van der Waals surface area contributed by atoms with Gasteiger partial charge in [-0.05, 0) is 38.7 Å². The standard InChI is InChI=1S/C16H25N3O2/c1-3-19-11-7-13(17-19)15(20)18-10-5-9-16(12-18)8-4-6-14(16)21-2/h7,11,14H,3-6,8-10,12H2,1-2H3/t14-,16+/m1/s1. The van der Waals surface area contributed by atoms with Gasteiger partial charge in [-0.2, -0.15) is 5.10 Å². The molecule has 1 amide bonds. The van der Waals surface area contributed by atoms with E-state index >= 15 is 0 Å². The second kappa shape index (κ2) is 5.79. The second-order valence-electron chi connectivity index (χ2n) is 6.37. The van der Waals surface area contributed by atoms with Crippen LogP contribution >= 0.6 is 0 Å². The molecule has 1 saturated heterocycles. The lowest BCUT2D eigenvalue weighted by Gasteiger charge is -2.43. The number of hydrogen-bond acceptors (Lipinski definition) is 3. The van der Waals surface area contributed by atoms with Crippen LogP contribution in [0.25, 0.3) is 0 Å². The number of aryl methyl sites for hydroxylation is 1. The van der Waals surface area contributed by atoms with Crippen LogP contribution in [0, 0.1) is 5.41 Å². The third kappa shape index (κ3) is 2.59. The lowest BCUT2D eigenvalue weighted by atomic mass is 9.76. The largest absolute Gasteiger partial charge is 0.381 e. The summed E-state index contributed by atoms with van der Waals surface area (Å²) in [7, 11) is 1.81. The average molecular weight is 291 g/mol. The molecule has 2 fully saturated rings. The molecule has 116 valence electrons. The minimum atomic E-state index is 0.0722. The summed E-state index contributed by atoms with van der Waals surface area (Å²) in [6, 6.07) is 1.83. The summed E-state index contributed by atoms with van der Waals surface area (Å²) in [5, 5.41) is 4.35. The molecule has 2 atom stereocenters. The number of amides is 1. The number of aromatic nitrogens is 2. The van der Waals surface area contributed by atoms with Crippen molar-refractivity contribution >= 4 is 5.91 Å². The zero-order chi connectivity index (χ0) is 14.9. The summed E-state index contributed by atoms with van der Waals surface area (Å²) in [5.41, 5.74) is 0.747. The predicted molar refractivity (Wildman–Crippen MR) is 80.1 cm³/mol. The van der Waals surface area contributed by atoms with Crippen LogP contribution in [0.1, 0.15) is 49.5 Å². The number of carbonyl (C=O) groups excluding carboxylic acids is 1. The monoisotopic (exact) mass is 291 g/mol. The maximum Gasteiger partial charge on any atom is 0.274 e. The van der Waals surface area contributed by atoms with Crippen LogP contribution in [0.3, 0.4) is 0 Å². The normalized spacial score (nSPS) is 29.2. The highest BCUT2D eigenvalue weighted by Gasteiger charge is 2.46. The van der Waals surface area contributed by atoms with Gasteiger partial charge in [0.05, 0.1) is 6.10 Å². The molecule has 1 saturated carbocycles. The molecule has 1 aliphatic carbocycles. The Morgan fingerprint density at radius 1 is 1.48 bits per heavy atom. The van der Waals surface area contributed by atoms with Crippen molar-refractivity contribution in [2.24, 2.45) is 5.41 Å². The molecule has 1 aromatic rings. The van der Waals surface area contributed by atoms with Gasteiger partial charge in [-0.3, -0.25) is 9.48 Å². The Morgan fingerprint density at radius 3 is 3.00 bits per heavy atom. The van der Waals surface area contributed by atoms with E-state index in [9.17, 15) is 4.79 Å². The molecule has 21 heavy (non-hydrogen) atoms. The fourth-order valence-corrected chi connectivity index (χ4v) is 4.09. The highest BCUT2D eigenvalue weighted by atomic mass is 16.5. The Morgan fingerprint density at radius 2 is 2.29 bits per heavy atom. The number of nitrogens with zero attached hydrogens (tertiary/aromatic N) is 3. The first-order chi connectivity index (χ1) is 10.2. The van der Waals surface area contributed by atoms with Gasteiger partial charge in [0.1, 0.15) is 5.69 Å². The van der Waals surface area contributed by atoms with Gasteiger partial charge in [0.15, 0.2) is 0 Å². The zero-order valence-corrected chi connectivity index (χ0v) is 13.0. The number of carbonyl (C=O) groups is 1. The third-order valence-electron chi connectivity index (χ3n) is 5.19. The molecule has 3 rings (SSSR count). The zero-order valence-electron chi connectivity index (χ0n) is 13.0. The number of likely N-dealkylation sites (tertiary alicyclic amines) is 1. The molecule has 0 bridgehead atoms. The van der Waals surface area contributed by atoms with E-state index in [2.05, 4.69) is 5.10 Å². The Hall–Kier alpha value is -1.36. The molecule has 1 aliphatic heterocycles. The SMILES string of the molecule is CCn1ccc(C(=O)N2CCC[C@@]3(CCC[C@H]3OC)C2)n1. The first-order valence-electron chi connectivity index (χ1n) is 8.04. The van der Waals surface area contributed by atoms with Gasteiger partial charge in [0.2, 0.25) is 0 Å². The van der Waals surface area contributed by atoms with Crippen molar-refractivity contribution < 1.29 is 9.53 Å². The van der Waals surface area contributed by atoms with Crippen LogP contribution in [-0.2, 0) is 11.3 Å². The maximum atomic E-state index is 12.7. The van der Waals surface area contributed by atoms with Gasteiger partial charge in [-0.15, -0.1) is 0 Å². The lowest BCUT2D eigenvalue weighted by Crippen LogP contribution is -2.49. The number of methoxy groups -OCH3 is 1. The summed E-state index contributed by atoms with van der Waals surface area (Å²) in [4.78, 5) is 14.7. The van der Waals surface area contributed by atoms with Crippen LogP contribution in [-0.4, -0.2) is 46.9 Å². The van der Waals surface area contributed by atoms with E-state index in [0.717, 1.165) is 32.5 Å². The molecule has 2 heterocycles. The van der Waals surface area contributed by atoms with Crippen molar-refractivity contribution in [3.63, 3.8) is 0 Å². The van der Waals surface area contributed by atoms with E-state index in [4.69, 9.17) is 4.74 Å². The van der Waals surface area contributed by atoms with E-state index in [1.54, 1.807) is 11.8 Å². The Balaban J connectivity index is 1.75. The predicted octanol–water partition coefficient (Wildman–Crippen LogP) is 2.32. The van der Waals surface area contributed by atoms with Crippen molar-refractivity contribution in [1.82, 2.24) is 14.7 Å². The van der Waals surface area contributed by atoms with Crippen LogP contribution in [0.4, 0.5) is 0 Å². The van der Waals surface area contributed by atoms with Crippen LogP contribution in [0.15, 0.2) is 12.3 Å². The van der Waals surface area contributed by atoms with Gasteiger partial charge >= 0.3 is 0 Å². The second-order valence-corrected chi connectivity index (χ2v) is 6.37. The van der Waals surface area contributed by atoms with Crippen molar-refractivity contribution in [3.8, 4) is 0 Å². The fourth-order valence-electron chi connectivity index (χ4n) is 4.09. The highest BCUT2D eigenvalue weighted by Crippen LogP contribution is 2.46. The number of hydrogen-bond donors (Lipinski definition) is 0. The first kappa shape index (κ1) is 14.6. The summed E-state index contributed by atoms with van der Waals surface area (Å²) in [6.07, 6.45) is 7.95. The molecule has 0 unspecified atom stereocenters. The van der Waals surface area contributed by atoms with Gasteiger partial charge in [-0.1, -0.05) is 6.42 Å². The molecule has 0 aromatic carbocycles. The molecule has 0 radical (unpaired) electrons. The highest BCUT2D eigenvalue weighted by molar-refractivity contribution is 5.92. The molecule has 2 aliphatic rings. The first-order valence-corrected chi connectivity index (χ1v) is 8.04. The number of ether oxygens (including phenoxy) is 1. The summed E-state index contributed by atoms with van der Waals surface area (Å²) in [6.45, 7) is 4.49. The quantitative estimate of drug-likeness (QED) is 0.858. The third-order valence-corrected chi connectivity index (χ3v) is 5.19. The average Bonchev–Trinajstić information content (AvgIpc) is 3.13. The Kier molecular flexibility index (Phi) is 4.02. The Bertz CT molecular complexity index is 513. The van der Waals surface area contributed by atoms with Crippen molar-refractivity contribution in [2.45, 2.75) is 51.7 Å². The molecule has 1 spiro atoms. The molecular weight excluding hydrogens is 266 g/mol. The summed E-state index contributed by atoms with van der Waals surface area (Å²) < 4.78 is 7.51. The summed E-state index contributed by atoms with van der Waals surface area (Å²) in [5.74, 6) is 0.0722. The van der Waals surface area contributed by atoms with Gasteiger partial charge < -0.3 is 9.64 Å². The van der Waals surface area contributed by atoms with E-state index in [-0.39, 0.29) is 11.3 Å². The minimum absolute atomic E-state index is 0.0722. The van der Waals surface area contributed by atoms with Crippen molar-refractivity contribution in [3.05, 3.63) is 18.0 Å². The number of piperidine rings is 1.